The Bertz CT molecular complexity index is 1250. The SMILES string of the molecule is C[C@@H]1CCCCN1S(=O)(=O)c1ccc(NC(=O)c2cc(=O)c3ccccc3o2)cc1. The van der Waals surface area contributed by atoms with Gasteiger partial charge in [0.05, 0.1) is 10.3 Å². The van der Waals surface area contributed by atoms with Crippen LogP contribution in [0.5, 0.6) is 0 Å². The predicted molar refractivity (Wildman–Crippen MR) is 114 cm³/mol. The zero-order chi connectivity index (χ0) is 21.3. The Kier molecular flexibility index (Phi) is 5.44. The van der Waals surface area contributed by atoms with Crippen LogP contribution in [-0.2, 0) is 10.0 Å². The third-order valence-electron chi connectivity index (χ3n) is 5.32. The highest BCUT2D eigenvalue weighted by atomic mass is 32.2. The van der Waals surface area contributed by atoms with Gasteiger partial charge in [0.15, 0.2) is 11.2 Å². The van der Waals surface area contributed by atoms with Crippen molar-refractivity contribution in [2.75, 3.05) is 11.9 Å². The summed E-state index contributed by atoms with van der Waals surface area (Å²) in [5, 5.41) is 3.04. The lowest BCUT2D eigenvalue weighted by molar-refractivity contribution is 0.0997. The molecule has 0 aliphatic carbocycles. The van der Waals surface area contributed by atoms with Gasteiger partial charge < -0.3 is 9.73 Å². The second-order valence-electron chi connectivity index (χ2n) is 7.41. The van der Waals surface area contributed by atoms with Crippen LogP contribution >= 0.6 is 0 Å². The topological polar surface area (TPSA) is 96.7 Å². The minimum absolute atomic E-state index is 0.0288. The van der Waals surface area contributed by atoms with Gasteiger partial charge in [-0.2, -0.15) is 4.31 Å². The number of benzene rings is 2. The Hall–Kier alpha value is -2.97. The molecule has 1 atom stereocenters. The van der Waals surface area contributed by atoms with Crippen LogP contribution in [0.3, 0.4) is 0 Å². The zero-order valence-electron chi connectivity index (χ0n) is 16.5. The molecule has 1 fully saturated rings. The number of nitrogens with zero attached hydrogens (tertiary/aromatic N) is 1. The zero-order valence-corrected chi connectivity index (χ0v) is 17.3. The summed E-state index contributed by atoms with van der Waals surface area (Å²) < 4.78 is 32.9. The number of carbonyl (C=O) groups is 1. The molecule has 1 aliphatic heterocycles. The Balaban J connectivity index is 1.54. The third-order valence-corrected chi connectivity index (χ3v) is 7.35. The van der Waals surface area contributed by atoms with Crippen LogP contribution in [0, 0.1) is 0 Å². The lowest BCUT2D eigenvalue weighted by Crippen LogP contribution is -2.41. The first-order chi connectivity index (χ1) is 14.4. The number of anilines is 1. The first-order valence-corrected chi connectivity index (χ1v) is 11.3. The Morgan fingerprint density at radius 3 is 2.57 bits per heavy atom. The van der Waals surface area contributed by atoms with E-state index in [-0.39, 0.29) is 22.1 Å². The number of rotatable bonds is 4. The van der Waals surface area contributed by atoms with E-state index in [1.807, 2.05) is 6.92 Å². The average Bonchev–Trinajstić information content (AvgIpc) is 2.74. The summed E-state index contributed by atoms with van der Waals surface area (Å²) in [5.74, 6) is -0.698. The number of nitrogens with one attached hydrogen (secondary N) is 1. The van der Waals surface area contributed by atoms with E-state index in [2.05, 4.69) is 5.32 Å². The van der Waals surface area contributed by atoms with E-state index >= 15 is 0 Å². The van der Waals surface area contributed by atoms with Crippen molar-refractivity contribution in [2.45, 2.75) is 37.1 Å². The third kappa shape index (κ3) is 3.88. The number of fused-ring (bicyclic) bond motifs is 1. The number of hydrogen-bond acceptors (Lipinski definition) is 5. The van der Waals surface area contributed by atoms with Gasteiger partial charge in [0.2, 0.25) is 10.0 Å². The average molecular weight is 426 g/mol. The van der Waals surface area contributed by atoms with E-state index in [1.165, 1.54) is 28.6 Å². The highest BCUT2D eigenvalue weighted by Gasteiger charge is 2.30. The van der Waals surface area contributed by atoms with E-state index in [4.69, 9.17) is 4.42 Å². The Morgan fingerprint density at radius 1 is 1.10 bits per heavy atom. The fourth-order valence-corrected chi connectivity index (χ4v) is 5.38. The first kappa shape index (κ1) is 20.3. The van der Waals surface area contributed by atoms with E-state index in [9.17, 15) is 18.0 Å². The molecule has 7 nitrogen and oxygen atoms in total. The van der Waals surface area contributed by atoms with Crippen molar-refractivity contribution in [1.82, 2.24) is 4.31 Å². The minimum atomic E-state index is -3.58. The fourth-order valence-electron chi connectivity index (χ4n) is 3.68. The number of sulfonamides is 1. The molecule has 8 heteroatoms. The van der Waals surface area contributed by atoms with E-state index in [0.29, 0.717) is 23.2 Å². The minimum Gasteiger partial charge on any atom is -0.451 e. The molecule has 30 heavy (non-hydrogen) atoms. The number of para-hydroxylation sites is 1. The van der Waals surface area contributed by atoms with Crippen molar-refractivity contribution in [1.29, 1.82) is 0 Å². The highest BCUT2D eigenvalue weighted by Crippen LogP contribution is 2.26. The van der Waals surface area contributed by atoms with Crippen LogP contribution in [0.2, 0.25) is 0 Å². The molecular formula is C22H22N2O5S. The number of amides is 1. The molecule has 156 valence electrons. The summed E-state index contributed by atoms with van der Waals surface area (Å²) in [4.78, 5) is 24.9. The molecule has 1 aromatic heterocycles. The lowest BCUT2D eigenvalue weighted by atomic mass is 10.1. The van der Waals surface area contributed by atoms with Gasteiger partial charge >= 0.3 is 0 Å². The quantitative estimate of drug-likeness (QED) is 0.687. The smallest absolute Gasteiger partial charge is 0.291 e. The fraction of sp³-hybridized carbons (Fsp3) is 0.273. The Labute approximate surface area is 174 Å². The molecule has 1 amide bonds. The van der Waals surface area contributed by atoms with Crippen LogP contribution in [0.25, 0.3) is 11.0 Å². The van der Waals surface area contributed by atoms with Crippen LogP contribution in [-0.4, -0.2) is 31.2 Å². The molecular weight excluding hydrogens is 404 g/mol. The summed E-state index contributed by atoms with van der Waals surface area (Å²) in [5.41, 5.74) is 0.424. The van der Waals surface area contributed by atoms with Crippen LogP contribution in [0.4, 0.5) is 5.69 Å². The molecule has 3 aromatic rings. The van der Waals surface area contributed by atoms with Crippen molar-refractivity contribution >= 4 is 32.6 Å². The summed E-state index contributed by atoms with van der Waals surface area (Å²) in [6.07, 6.45) is 2.74. The van der Waals surface area contributed by atoms with Crippen molar-refractivity contribution < 1.29 is 17.6 Å². The Morgan fingerprint density at radius 2 is 1.83 bits per heavy atom. The van der Waals surface area contributed by atoms with Gasteiger partial charge in [0.25, 0.3) is 5.91 Å². The van der Waals surface area contributed by atoms with Crippen LogP contribution in [0.15, 0.2) is 68.7 Å². The molecule has 0 radical (unpaired) electrons. The number of piperidine rings is 1. The second kappa shape index (κ2) is 8.04. The molecule has 0 saturated carbocycles. The van der Waals surface area contributed by atoms with Gasteiger partial charge in [0.1, 0.15) is 5.58 Å². The lowest BCUT2D eigenvalue weighted by Gasteiger charge is -2.32. The second-order valence-corrected chi connectivity index (χ2v) is 9.30. The van der Waals surface area contributed by atoms with Crippen molar-refractivity contribution in [2.24, 2.45) is 0 Å². The largest absolute Gasteiger partial charge is 0.451 e. The van der Waals surface area contributed by atoms with Gasteiger partial charge in [-0.05, 0) is 56.2 Å². The van der Waals surface area contributed by atoms with Gasteiger partial charge in [-0.3, -0.25) is 9.59 Å². The standard InChI is InChI=1S/C22H22N2O5S/c1-15-6-4-5-13-24(15)30(27,28)17-11-9-16(10-12-17)23-22(26)21-14-19(25)18-7-2-3-8-20(18)29-21/h2-3,7-12,14-15H,4-6,13H2,1H3,(H,23,26)/t15-/m1/s1. The first-order valence-electron chi connectivity index (χ1n) is 9.82. The molecule has 1 saturated heterocycles. The maximum Gasteiger partial charge on any atom is 0.291 e. The molecule has 1 aliphatic rings. The summed E-state index contributed by atoms with van der Waals surface area (Å²) in [6.45, 7) is 2.44. The normalized spacial score (nSPS) is 17.7. The van der Waals surface area contributed by atoms with Crippen LogP contribution < -0.4 is 10.7 Å². The maximum absolute atomic E-state index is 12.9. The van der Waals surface area contributed by atoms with Gasteiger partial charge in [0, 0.05) is 24.3 Å². The van der Waals surface area contributed by atoms with Crippen molar-refractivity contribution in [3.63, 3.8) is 0 Å². The monoisotopic (exact) mass is 426 g/mol. The van der Waals surface area contributed by atoms with E-state index in [1.54, 1.807) is 24.3 Å². The van der Waals surface area contributed by atoms with Crippen molar-refractivity contribution in [3.8, 4) is 0 Å². The molecule has 0 bridgehead atoms. The molecule has 2 aromatic carbocycles. The molecule has 0 unspecified atom stereocenters. The van der Waals surface area contributed by atoms with Gasteiger partial charge in [-0.15, -0.1) is 0 Å². The van der Waals surface area contributed by atoms with Gasteiger partial charge in [-0.25, -0.2) is 8.42 Å². The van der Waals surface area contributed by atoms with Crippen LogP contribution in [0.1, 0.15) is 36.7 Å². The van der Waals surface area contributed by atoms with Crippen molar-refractivity contribution in [3.05, 3.63) is 70.6 Å². The predicted octanol–water partition coefficient (Wildman–Crippen LogP) is 3.61. The van der Waals surface area contributed by atoms with E-state index < -0.39 is 15.9 Å². The number of hydrogen-bond donors (Lipinski definition) is 1. The van der Waals surface area contributed by atoms with E-state index in [0.717, 1.165) is 25.3 Å². The molecule has 2 heterocycles. The summed E-state index contributed by atoms with van der Waals surface area (Å²) in [7, 11) is -3.58. The molecule has 0 spiro atoms. The maximum atomic E-state index is 12.9. The highest BCUT2D eigenvalue weighted by molar-refractivity contribution is 7.89. The summed E-state index contributed by atoms with van der Waals surface area (Å²) >= 11 is 0. The van der Waals surface area contributed by atoms with Gasteiger partial charge in [-0.1, -0.05) is 18.6 Å². The summed E-state index contributed by atoms with van der Waals surface area (Å²) in [6, 6.07) is 13.8. The number of carbonyl (C=O) groups excluding carboxylic acids is 1. The molecule has 1 N–H and O–H groups in total. The molecule has 4 rings (SSSR count).